The third kappa shape index (κ3) is 2.25. The van der Waals surface area contributed by atoms with Crippen molar-refractivity contribution < 1.29 is 13.6 Å². The molecule has 0 aliphatic rings. The van der Waals surface area contributed by atoms with Gasteiger partial charge in [-0.25, -0.2) is 4.39 Å². The van der Waals surface area contributed by atoms with Gasteiger partial charge in [0.25, 0.3) is 0 Å². The fourth-order valence-corrected chi connectivity index (χ4v) is 2.80. The summed E-state index contributed by atoms with van der Waals surface area (Å²) in [5, 5.41) is 0.598. The highest BCUT2D eigenvalue weighted by atomic mass is 19.1. The van der Waals surface area contributed by atoms with Gasteiger partial charge in [-0.3, -0.25) is 4.79 Å². The minimum atomic E-state index is -0.455. The Kier molecular flexibility index (Phi) is 3.13. The lowest BCUT2D eigenvalue weighted by molar-refractivity contribution is 0.101. The van der Waals surface area contributed by atoms with E-state index in [-0.39, 0.29) is 17.1 Å². The zero-order valence-electron chi connectivity index (χ0n) is 12.2. The van der Waals surface area contributed by atoms with Crippen LogP contribution in [0.5, 0.6) is 0 Å². The molecule has 3 rings (SSSR count). The Morgan fingerprint density at radius 3 is 2.33 bits per heavy atom. The maximum Gasteiger partial charge on any atom is 0.228 e. The largest absolute Gasteiger partial charge is 0.449 e. The molecule has 0 unspecified atom stereocenters. The number of carbonyl (C=O) groups is 1. The first kappa shape index (κ1) is 13.6. The molecule has 0 aliphatic carbocycles. The average molecular weight is 282 g/mol. The first-order chi connectivity index (χ1) is 9.97. The van der Waals surface area contributed by atoms with Crippen LogP contribution in [0.3, 0.4) is 0 Å². The van der Waals surface area contributed by atoms with Crippen molar-refractivity contribution in [1.82, 2.24) is 0 Å². The van der Waals surface area contributed by atoms with Gasteiger partial charge in [0.1, 0.15) is 0 Å². The molecular weight excluding hydrogens is 267 g/mol. The Morgan fingerprint density at radius 1 is 1.05 bits per heavy atom. The number of hydrogen-bond acceptors (Lipinski definition) is 2. The maximum absolute atomic E-state index is 13.7. The fourth-order valence-electron chi connectivity index (χ4n) is 2.80. The third-order valence-electron chi connectivity index (χ3n) is 3.62. The summed E-state index contributed by atoms with van der Waals surface area (Å²) in [6.07, 6.45) is 0. The number of aryl methyl sites for hydroxylation is 3. The summed E-state index contributed by atoms with van der Waals surface area (Å²) in [5.41, 5.74) is 3.66. The molecule has 0 spiro atoms. The Balaban J connectivity index is 2.15. The first-order valence-electron chi connectivity index (χ1n) is 6.78. The third-order valence-corrected chi connectivity index (χ3v) is 3.62. The van der Waals surface area contributed by atoms with Crippen LogP contribution in [-0.2, 0) is 0 Å². The monoisotopic (exact) mass is 282 g/mol. The number of carbonyl (C=O) groups excluding carboxylic acids is 1. The van der Waals surface area contributed by atoms with Crippen LogP contribution in [0, 0.1) is 26.6 Å². The number of ketones is 1. The number of para-hydroxylation sites is 1. The molecule has 0 aliphatic heterocycles. The van der Waals surface area contributed by atoms with Crippen LogP contribution in [-0.4, -0.2) is 5.78 Å². The molecule has 0 saturated carbocycles. The summed E-state index contributed by atoms with van der Waals surface area (Å²) < 4.78 is 19.1. The van der Waals surface area contributed by atoms with Gasteiger partial charge in [-0.1, -0.05) is 29.8 Å². The normalized spacial score (nSPS) is 11.0. The van der Waals surface area contributed by atoms with Crippen LogP contribution in [0.2, 0.25) is 0 Å². The highest BCUT2D eigenvalue weighted by Crippen LogP contribution is 2.26. The number of halogens is 1. The number of fused-ring (bicyclic) bond motifs is 1. The van der Waals surface area contributed by atoms with E-state index in [1.807, 2.05) is 32.9 Å². The summed E-state index contributed by atoms with van der Waals surface area (Å²) >= 11 is 0. The van der Waals surface area contributed by atoms with Crippen molar-refractivity contribution in [1.29, 1.82) is 0 Å². The molecule has 2 aromatic carbocycles. The number of furan rings is 1. The minimum Gasteiger partial charge on any atom is -0.449 e. The lowest BCUT2D eigenvalue weighted by Gasteiger charge is -2.08. The Bertz CT molecular complexity index is 836. The molecule has 0 bridgehead atoms. The van der Waals surface area contributed by atoms with E-state index in [2.05, 4.69) is 0 Å². The molecule has 106 valence electrons. The molecule has 0 fully saturated rings. The molecule has 21 heavy (non-hydrogen) atoms. The van der Waals surface area contributed by atoms with Crippen LogP contribution in [0.4, 0.5) is 4.39 Å². The van der Waals surface area contributed by atoms with E-state index in [1.165, 1.54) is 6.07 Å². The van der Waals surface area contributed by atoms with E-state index in [0.29, 0.717) is 10.9 Å². The summed E-state index contributed by atoms with van der Waals surface area (Å²) in [7, 11) is 0. The van der Waals surface area contributed by atoms with Crippen molar-refractivity contribution in [3.8, 4) is 0 Å². The molecule has 0 amide bonds. The number of hydrogen-bond donors (Lipinski definition) is 0. The molecule has 0 saturated heterocycles. The lowest BCUT2D eigenvalue weighted by atomic mass is 9.95. The van der Waals surface area contributed by atoms with E-state index in [4.69, 9.17) is 4.42 Å². The Hall–Kier alpha value is -2.42. The maximum atomic E-state index is 13.7. The van der Waals surface area contributed by atoms with Gasteiger partial charge in [0.15, 0.2) is 17.2 Å². The molecule has 0 N–H and O–H groups in total. The van der Waals surface area contributed by atoms with Gasteiger partial charge < -0.3 is 4.42 Å². The first-order valence-corrected chi connectivity index (χ1v) is 6.78. The van der Waals surface area contributed by atoms with Crippen molar-refractivity contribution >= 4 is 16.8 Å². The number of rotatable bonds is 2. The van der Waals surface area contributed by atoms with Gasteiger partial charge in [0, 0.05) is 10.9 Å². The lowest BCUT2D eigenvalue weighted by Crippen LogP contribution is -2.05. The van der Waals surface area contributed by atoms with Crippen molar-refractivity contribution in [2.75, 3.05) is 0 Å². The van der Waals surface area contributed by atoms with Crippen molar-refractivity contribution in [2.45, 2.75) is 20.8 Å². The van der Waals surface area contributed by atoms with Gasteiger partial charge in [-0.15, -0.1) is 0 Å². The SMILES string of the molecule is Cc1cc(C)c(C(=O)c2cc3cccc(F)c3o2)c(C)c1. The van der Waals surface area contributed by atoms with Gasteiger partial charge in [0.05, 0.1) is 0 Å². The van der Waals surface area contributed by atoms with Crippen LogP contribution in [0.15, 0.2) is 40.8 Å². The summed E-state index contributed by atoms with van der Waals surface area (Å²) in [6, 6.07) is 10.2. The summed E-state index contributed by atoms with van der Waals surface area (Å²) in [4.78, 5) is 12.7. The molecule has 2 nitrogen and oxygen atoms in total. The van der Waals surface area contributed by atoms with Crippen molar-refractivity contribution in [3.63, 3.8) is 0 Å². The van der Waals surface area contributed by atoms with Gasteiger partial charge in [0.2, 0.25) is 5.78 Å². The van der Waals surface area contributed by atoms with Gasteiger partial charge >= 0.3 is 0 Å². The van der Waals surface area contributed by atoms with Crippen LogP contribution < -0.4 is 0 Å². The van der Waals surface area contributed by atoms with Crippen LogP contribution >= 0.6 is 0 Å². The van der Waals surface area contributed by atoms with Gasteiger partial charge in [-0.2, -0.15) is 0 Å². The van der Waals surface area contributed by atoms with Crippen molar-refractivity contribution in [2.24, 2.45) is 0 Å². The summed E-state index contributed by atoms with van der Waals surface area (Å²) in [6.45, 7) is 5.79. The van der Waals surface area contributed by atoms with Crippen LogP contribution in [0.1, 0.15) is 32.8 Å². The van der Waals surface area contributed by atoms with Crippen molar-refractivity contribution in [3.05, 3.63) is 70.2 Å². The zero-order chi connectivity index (χ0) is 15.1. The quantitative estimate of drug-likeness (QED) is 0.636. The number of benzene rings is 2. The topological polar surface area (TPSA) is 30.2 Å². The minimum absolute atomic E-state index is 0.128. The second-order valence-electron chi connectivity index (χ2n) is 5.37. The molecule has 1 aromatic heterocycles. The van der Waals surface area contributed by atoms with E-state index >= 15 is 0 Å². The van der Waals surface area contributed by atoms with E-state index < -0.39 is 5.82 Å². The van der Waals surface area contributed by atoms with Crippen LogP contribution in [0.25, 0.3) is 11.0 Å². The highest BCUT2D eigenvalue weighted by molar-refractivity contribution is 6.10. The summed E-state index contributed by atoms with van der Waals surface area (Å²) in [5.74, 6) is -0.491. The molecule has 0 atom stereocenters. The zero-order valence-corrected chi connectivity index (χ0v) is 12.2. The van der Waals surface area contributed by atoms with E-state index in [1.54, 1.807) is 18.2 Å². The molecule has 1 heterocycles. The molecule has 0 radical (unpaired) electrons. The molecular formula is C18H15FO2. The molecule has 3 heteroatoms. The standard InChI is InChI=1S/C18H15FO2/c1-10-7-11(2)16(12(3)8-10)17(20)15-9-13-5-4-6-14(19)18(13)21-15/h4-9H,1-3H3. The predicted octanol–water partition coefficient (Wildman–Crippen LogP) is 4.73. The fraction of sp³-hybridized carbons (Fsp3) is 0.167. The average Bonchev–Trinajstić information content (AvgIpc) is 2.82. The second-order valence-corrected chi connectivity index (χ2v) is 5.37. The predicted molar refractivity (Wildman–Crippen MR) is 80.3 cm³/mol. The smallest absolute Gasteiger partial charge is 0.228 e. The highest BCUT2D eigenvalue weighted by Gasteiger charge is 2.19. The van der Waals surface area contributed by atoms with E-state index in [9.17, 15) is 9.18 Å². The van der Waals surface area contributed by atoms with E-state index in [0.717, 1.165) is 16.7 Å². The Morgan fingerprint density at radius 2 is 1.71 bits per heavy atom. The second kappa shape index (κ2) is 4.85. The molecule has 3 aromatic rings. The Labute approximate surface area is 122 Å². The van der Waals surface area contributed by atoms with Gasteiger partial charge in [-0.05, 0) is 44.0 Å².